The van der Waals surface area contributed by atoms with Crippen molar-refractivity contribution in [3.05, 3.63) is 0 Å². The molecule has 1 fully saturated rings. The highest BCUT2D eigenvalue weighted by Gasteiger charge is 2.31. The molecular formula is C13H27N3O. The molecule has 0 spiro atoms. The Labute approximate surface area is 105 Å². The van der Waals surface area contributed by atoms with Crippen LogP contribution < -0.4 is 11.1 Å². The number of nitrogens with one attached hydrogen (secondary N) is 1. The molecule has 3 N–H and O–H groups in total. The Bertz CT molecular complexity index is 255. The average Bonchev–Trinajstić information content (AvgIpc) is 2.20. The maximum atomic E-state index is 11.8. The summed E-state index contributed by atoms with van der Waals surface area (Å²) < 4.78 is 0. The molecule has 0 bridgehead atoms. The molecule has 1 rings (SSSR count). The largest absolute Gasteiger partial charge is 0.353 e. The van der Waals surface area contributed by atoms with E-state index in [1.165, 1.54) is 0 Å². The van der Waals surface area contributed by atoms with E-state index in [1.54, 1.807) is 0 Å². The Hall–Kier alpha value is -0.610. The zero-order chi connectivity index (χ0) is 13.0. The summed E-state index contributed by atoms with van der Waals surface area (Å²) in [4.78, 5) is 14.1. The van der Waals surface area contributed by atoms with Gasteiger partial charge in [-0.25, -0.2) is 0 Å². The predicted molar refractivity (Wildman–Crippen MR) is 70.7 cm³/mol. The number of hydrogen-bond acceptors (Lipinski definition) is 3. The quantitative estimate of drug-likeness (QED) is 0.771. The number of hydrogen-bond donors (Lipinski definition) is 2. The molecule has 1 aliphatic rings. The second kappa shape index (κ2) is 6.36. The third-order valence-corrected chi connectivity index (χ3v) is 3.50. The van der Waals surface area contributed by atoms with Gasteiger partial charge in [0, 0.05) is 24.7 Å². The standard InChI is InChI=1S/C13H27N3O/c1-9(2)15-13(17)8-16-11(4)5-10(3)6-12(16)7-14/h9-12H,5-8,14H2,1-4H3,(H,15,17). The summed E-state index contributed by atoms with van der Waals surface area (Å²) in [7, 11) is 0. The number of carbonyl (C=O) groups excluding carboxylic acids is 1. The SMILES string of the molecule is CC1CC(C)N(CC(=O)NC(C)C)C(CN)C1. The van der Waals surface area contributed by atoms with Gasteiger partial charge >= 0.3 is 0 Å². The highest BCUT2D eigenvalue weighted by molar-refractivity contribution is 5.78. The van der Waals surface area contributed by atoms with Crippen LogP contribution in [0.2, 0.25) is 0 Å². The van der Waals surface area contributed by atoms with E-state index in [2.05, 4.69) is 24.1 Å². The van der Waals surface area contributed by atoms with Crippen LogP contribution in [0.15, 0.2) is 0 Å². The van der Waals surface area contributed by atoms with Crippen molar-refractivity contribution in [2.24, 2.45) is 11.7 Å². The molecule has 100 valence electrons. The monoisotopic (exact) mass is 241 g/mol. The molecule has 3 unspecified atom stereocenters. The normalized spacial score (nSPS) is 30.6. The summed E-state index contributed by atoms with van der Waals surface area (Å²) in [6.45, 7) is 9.56. The molecule has 17 heavy (non-hydrogen) atoms. The molecule has 0 radical (unpaired) electrons. The van der Waals surface area contributed by atoms with Gasteiger partial charge in [-0.05, 0) is 39.5 Å². The van der Waals surface area contributed by atoms with Crippen LogP contribution in [0.4, 0.5) is 0 Å². The van der Waals surface area contributed by atoms with Crippen LogP contribution in [0.3, 0.4) is 0 Å². The minimum atomic E-state index is 0.111. The van der Waals surface area contributed by atoms with Crippen molar-refractivity contribution in [3.63, 3.8) is 0 Å². The minimum absolute atomic E-state index is 0.111. The lowest BCUT2D eigenvalue weighted by atomic mass is 9.88. The highest BCUT2D eigenvalue weighted by atomic mass is 16.2. The van der Waals surface area contributed by atoms with Gasteiger partial charge in [0.25, 0.3) is 0 Å². The third kappa shape index (κ3) is 4.28. The topological polar surface area (TPSA) is 58.4 Å². The van der Waals surface area contributed by atoms with Crippen molar-refractivity contribution in [2.45, 2.75) is 58.7 Å². The lowest BCUT2D eigenvalue weighted by Crippen LogP contribution is -2.54. The molecule has 0 aromatic heterocycles. The van der Waals surface area contributed by atoms with Crippen molar-refractivity contribution >= 4 is 5.91 Å². The molecule has 1 heterocycles. The van der Waals surface area contributed by atoms with Gasteiger partial charge in [0.2, 0.25) is 5.91 Å². The maximum absolute atomic E-state index is 11.8. The number of nitrogens with zero attached hydrogens (tertiary/aromatic N) is 1. The molecule has 0 saturated carbocycles. The first-order valence-electron chi connectivity index (χ1n) is 6.69. The Morgan fingerprint density at radius 3 is 2.59 bits per heavy atom. The van der Waals surface area contributed by atoms with E-state index >= 15 is 0 Å². The van der Waals surface area contributed by atoms with Gasteiger partial charge in [0.05, 0.1) is 6.54 Å². The molecule has 4 nitrogen and oxygen atoms in total. The van der Waals surface area contributed by atoms with Crippen molar-refractivity contribution in [3.8, 4) is 0 Å². The first kappa shape index (κ1) is 14.5. The molecule has 1 amide bonds. The van der Waals surface area contributed by atoms with E-state index in [9.17, 15) is 4.79 Å². The summed E-state index contributed by atoms with van der Waals surface area (Å²) in [6, 6.07) is 1.01. The van der Waals surface area contributed by atoms with Crippen LogP contribution in [0.25, 0.3) is 0 Å². The van der Waals surface area contributed by atoms with Crippen molar-refractivity contribution in [1.29, 1.82) is 0 Å². The predicted octanol–water partition coefficient (Wildman–Crippen LogP) is 0.959. The van der Waals surface area contributed by atoms with Gasteiger partial charge in [-0.15, -0.1) is 0 Å². The van der Waals surface area contributed by atoms with E-state index in [1.807, 2.05) is 13.8 Å². The van der Waals surface area contributed by atoms with Gasteiger partial charge < -0.3 is 11.1 Å². The zero-order valence-electron chi connectivity index (χ0n) is 11.6. The van der Waals surface area contributed by atoms with Crippen LogP contribution in [0.1, 0.15) is 40.5 Å². The number of piperidine rings is 1. The van der Waals surface area contributed by atoms with Crippen molar-refractivity contribution in [2.75, 3.05) is 13.1 Å². The lowest BCUT2D eigenvalue weighted by Gasteiger charge is -2.42. The second-order valence-corrected chi connectivity index (χ2v) is 5.71. The summed E-state index contributed by atoms with van der Waals surface area (Å²) in [5.41, 5.74) is 5.82. The fourth-order valence-electron chi connectivity index (χ4n) is 2.82. The van der Waals surface area contributed by atoms with E-state index in [0.29, 0.717) is 31.1 Å². The summed E-state index contributed by atoms with van der Waals surface area (Å²) >= 11 is 0. The fraction of sp³-hybridized carbons (Fsp3) is 0.923. The van der Waals surface area contributed by atoms with E-state index in [-0.39, 0.29) is 11.9 Å². The van der Waals surface area contributed by atoms with Crippen LogP contribution in [0.5, 0.6) is 0 Å². The summed E-state index contributed by atoms with van der Waals surface area (Å²) in [5.74, 6) is 0.822. The molecule has 0 aromatic carbocycles. The van der Waals surface area contributed by atoms with Gasteiger partial charge in [-0.1, -0.05) is 6.92 Å². The highest BCUT2D eigenvalue weighted by Crippen LogP contribution is 2.26. The van der Waals surface area contributed by atoms with Crippen LogP contribution in [-0.4, -0.2) is 42.0 Å². The molecule has 0 aliphatic carbocycles. The minimum Gasteiger partial charge on any atom is -0.353 e. The Balaban J connectivity index is 2.57. The van der Waals surface area contributed by atoms with Crippen molar-refractivity contribution < 1.29 is 4.79 Å². The lowest BCUT2D eigenvalue weighted by molar-refractivity contribution is -0.124. The maximum Gasteiger partial charge on any atom is 0.234 e. The number of likely N-dealkylation sites (tertiary alicyclic amines) is 1. The van der Waals surface area contributed by atoms with Crippen LogP contribution in [-0.2, 0) is 4.79 Å². The molecule has 1 saturated heterocycles. The van der Waals surface area contributed by atoms with Gasteiger partial charge in [-0.3, -0.25) is 9.69 Å². The van der Waals surface area contributed by atoms with Crippen LogP contribution in [0, 0.1) is 5.92 Å². The first-order valence-corrected chi connectivity index (χ1v) is 6.69. The fourth-order valence-corrected chi connectivity index (χ4v) is 2.82. The number of rotatable bonds is 4. The van der Waals surface area contributed by atoms with Crippen LogP contribution >= 0.6 is 0 Å². The molecule has 4 heteroatoms. The zero-order valence-corrected chi connectivity index (χ0v) is 11.6. The second-order valence-electron chi connectivity index (χ2n) is 5.71. The first-order chi connectivity index (χ1) is 7.93. The smallest absolute Gasteiger partial charge is 0.234 e. The Morgan fingerprint density at radius 1 is 1.41 bits per heavy atom. The van der Waals surface area contributed by atoms with Gasteiger partial charge in [-0.2, -0.15) is 0 Å². The third-order valence-electron chi connectivity index (χ3n) is 3.50. The molecular weight excluding hydrogens is 214 g/mol. The summed E-state index contributed by atoms with van der Waals surface area (Å²) in [5, 5.41) is 2.95. The average molecular weight is 241 g/mol. The van der Waals surface area contributed by atoms with Crippen molar-refractivity contribution in [1.82, 2.24) is 10.2 Å². The van der Waals surface area contributed by atoms with E-state index in [0.717, 1.165) is 12.8 Å². The molecule has 0 aromatic rings. The van der Waals surface area contributed by atoms with E-state index in [4.69, 9.17) is 5.73 Å². The van der Waals surface area contributed by atoms with Gasteiger partial charge in [0.1, 0.15) is 0 Å². The van der Waals surface area contributed by atoms with Gasteiger partial charge in [0.15, 0.2) is 0 Å². The summed E-state index contributed by atoms with van der Waals surface area (Å²) in [6.07, 6.45) is 2.27. The molecule has 1 aliphatic heterocycles. The number of amides is 1. The Morgan fingerprint density at radius 2 is 2.06 bits per heavy atom. The number of nitrogens with two attached hydrogens (primary N) is 1. The molecule has 3 atom stereocenters. The van der Waals surface area contributed by atoms with E-state index < -0.39 is 0 Å². The number of carbonyl (C=O) groups is 1. The Kier molecular flexibility index (Phi) is 5.40.